The quantitative estimate of drug-likeness (QED) is 0.767. The first-order chi connectivity index (χ1) is 8.60. The van der Waals surface area contributed by atoms with Crippen LogP contribution in [-0.2, 0) is 16.1 Å². The third-order valence-corrected chi connectivity index (χ3v) is 2.96. The lowest BCUT2D eigenvalue weighted by Gasteiger charge is -2.19. The molecule has 96 valence electrons. The number of halogens is 1. The molecule has 0 radical (unpaired) electrons. The summed E-state index contributed by atoms with van der Waals surface area (Å²) < 4.78 is 4.63. The Labute approximate surface area is 112 Å². The normalized spacial score (nSPS) is 10.2. The summed E-state index contributed by atoms with van der Waals surface area (Å²) in [5.41, 5.74) is 1.42. The molecule has 0 heterocycles. The van der Waals surface area contributed by atoms with Gasteiger partial charge in [0.2, 0.25) is 0 Å². The summed E-state index contributed by atoms with van der Waals surface area (Å²) in [5, 5.41) is 9.29. The fourth-order valence-electron chi connectivity index (χ4n) is 1.51. The average Bonchev–Trinajstić information content (AvgIpc) is 2.39. The minimum Gasteiger partial charge on any atom is -0.468 e. The van der Waals surface area contributed by atoms with Gasteiger partial charge in [-0.05, 0) is 24.2 Å². The van der Waals surface area contributed by atoms with Crippen LogP contribution in [0.15, 0.2) is 18.2 Å². The van der Waals surface area contributed by atoms with Gasteiger partial charge in [0.1, 0.15) is 0 Å². The van der Waals surface area contributed by atoms with Crippen molar-refractivity contribution in [1.82, 2.24) is 4.90 Å². The SMILES string of the molecule is CCN(CC(=O)OC)Cc1ccc(C#N)cc1Cl. The smallest absolute Gasteiger partial charge is 0.319 e. The minimum absolute atomic E-state index is 0.226. The number of nitriles is 1. The second kappa shape index (κ2) is 7.00. The van der Waals surface area contributed by atoms with E-state index in [0.29, 0.717) is 23.7 Å². The highest BCUT2D eigenvalue weighted by Crippen LogP contribution is 2.19. The van der Waals surface area contributed by atoms with Crippen LogP contribution in [0.2, 0.25) is 5.02 Å². The first-order valence-electron chi connectivity index (χ1n) is 5.58. The maximum absolute atomic E-state index is 11.2. The molecular weight excluding hydrogens is 252 g/mol. The van der Waals surface area contributed by atoms with Crippen molar-refractivity contribution >= 4 is 17.6 Å². The van der Waals surface area contributed by atoms with Gasteiger partial charge in [0.15, 0.2) is 0 Å². The van der Waals surface area contributed by atoms with Gasteiger partial charge < -0.3 is 4.74 Å². The zero-order chi connectivity index (χ0) is 13.5. The Kier molecular flexibility index (Phi) is 5.63. The van der Waals surface area contributed by atoms with Crippen LogP contribution in [0.4, 0.5) is 0 Å². The summed E-state index contributed by atoms with van der Waals surface area (Å²) in [4.78, 5) is 13.1. The van der Waals surface area contributed by atoms with Gasteiger partial charge in [0, 0.05) is 11.6 Å². The van der Waals surface area contributed by atoms with E-state index in [1.807, 2.05) is 17.9 Å². The molecule has 1 aromatic carbocycles. The van der Waals surface area contributed by atoms with Crippen LogP contribution in [0.5, 0.6) is 0 Å². The van der Waals surface area contributed by atoms with Gasteiger partial charge in [0.05, 0.1) is 25.3 Å². The van der Waals surface area contributed by atoms with Crippen molar-refractivity contribution in [2.24, 2.45) is 0 Å². The highest BCUT2D eigenvalue weighted by molar-refractivity contribution is 6.31. The van der Waals surface area contributed by atoms with Crippen LogP contribution in [0.1, 0.15) is 18.1 Å². The Bertz CT molecular complexity index is 469. The monoisotopic (exact) mass is 266 g/mol. The van der Waals surface area contributed by atoms with E-state index in [0.717, 1.165) is 5.56 Å². The van der Waals surface area contributed by atoms with E-state index in [1.165, 1.54) is 7.11 Å². The summed E-state index contributed by atoms with van der Waals surface area (Å²) in [6.07, 6.45) is 0. The van der Waals surface area contributed by atoms with E-state index in [4.69, 9.17) is 16.9 Å². The molecule has 18 heavy (non-hydrogen) atoms. The Hall–Kier alpha value is -1.57. The number of rotatable bonds is 5. The summed E-state index contributed by atoms with van der Waals surface area (Å²) in [6.45, 7) is 3.45. The third-order valence-electron chi connectivity index (χ3n) is 2.60. The molecule has 0 spiro atoms. The first kappa shape index (κ1) is 14.5. The van der Waals surface area contributed by atoms with Crippen LogP contribution < -0.4 is 0 Å². The number of hydrogen-bond donors (Lipinski definition) is 0. The molecule has 1 aromatic rings. The van der Waals surface area contributed by atoms with E-state index >= 15 is 0 Å². The fraction of sp³-hybridized carbons (Fsp3) is 0.385. The second-order valence-electron chi connectivity index (χ2n) is 3.80. The highest BCUT2D eigenvalue weighted by Gasteiger charge is 2.11. The molecule has 0 bridgehead atoms. The lowest BCUT2D eigenvalue weighted by molar-refractivity contribution is -0.142. The van der Waals surface area contributed by atoms with Crippen LogP contribution in [-0.4, -0.2) is 31.1 Å². The molecule has 0 aromatic heterocycles. The number of ether oxygens (including phenoxy) is 1. The number of carbonyl (C=O) groups excluding carboxylic acids is 1. The predicted octanol–water partition coefficient (Wildman–Crippen LogP) is 2.21. The molecule has 0 unspecified atom stereocenters. The van der Waals surface area contributed by atoms with Gasteiger partial charge in [-0.3, -0.25) is 9.69 Å². The van der Waals surface area contributed by atoms with Crippen LogP contribution in [0.25, 0.3) is 0 Å². The molecule has 0 aliphatic rings. The Balaban J connectivity index is 2.76. The predicted molar refractivity (Wildman–Crippen MR) is 69.1 cm³/mol. The van der Waals surface area contributed by atoms with E-state index in [1.54, 1.807) is 18.2 Å². The van der Waals surface area contributed by atoms with Crippen LogP contribution in [0, 0.1) is 11.3 Å². The van der Waals surface area contributed by atoms with Crippen LogP contribution >= 0.6 is 11.6 Å². The van der Waals surface area contributed by atoms with E-state index in [9.17, 15) is 4.79 Å². The zero-order valence-corrected chi connectivity index (χ0v) is 11.2. The Morgan fingerprint density at radius 2 is 2.28 bits per heavy atom. The fourth-order valence-corrected chi connectivity index (χ4v) is 1.75. The lowest BCUT2D eigenvalue weighted by Crippen LogP contribution is -2.30. The summed E-state index contributed by atoms with van der Waals surface area (Å²) in [5.74, 6) is -0.276. The Morgan fingerprint density at radius 3 is 2.78 bits per heavy atom. The van der Waals surface area contributed by atoms with Crippen molar-refractivity contribution in [2.75, 3.05) is 20.2 Å². The molecule has 4 nitrogen and oxygen atoms in total. The van der Waals surface area contributed by atoms with Crippen molar-refractivity contribution in [3.8, 4) is 6.07 Å². The molecule has 0 aliphatic carbocycles. The summed E-state index contributed by atoms with van der Waals surface area (Å²) in [7, 11) is 1.37. The topological polar surface area (TPSA) is 53.3 Å². The lowest BCUT2D eigenvalue weighted by atomic mass is 10.1. The number of carbonyl (C=O) groups is 1. The molecular formula is C13H15ClN2O2. The van der Waals surface area contributed by atoms with Crippen molar-refractivity contribution < 1.29 is 9.53 Å². The average molecular weight is 267 g/mol. The summed E-state index contributed by atoms with van der Waals surface area (Å²) >= 11 is 6.09. The molecule has 0 saturated heterocycles. The maximum Gasteiger partial charge on any atom is 0.319 e. The van der Waals surface area contributed by atoms with Gasteiger partial charge in [-0.2, -0.15) is 5.26 Å². The number of nitrogens with zero attached hydrogens (tertiary/aromatic N) is 2. The van der Waals surface area contributed by atoms with Crippen molar-refractivity contribution in [1.29, 1.82) is 5.26 Å². The highest BCUT2D eigenvalue weighted by atomic mass is 35.5. The molecule has 0 N–H and O–H groups in total. The van der Waals surface area contributed by atoms with Crippen LogP contribution in [0.3, 0.4) is 0 Å². The van der Waals surface area contributed by atoms with Gasteiger partial charge in [-0.15, -0.1) is 0 Å². The van der Waals surface area contributed by atoms with Crippen molar-refractivity contribution in [3.63, 3.8) is 0 Å². The van der Waals surface area contributed by atoms with Gasteiger partial charge in [0.25, 0.3) is 0 Å². The summed E-state index contributed by atoms with van der Waals surface area (Å²) in [6, 6.07) is 7.18. The number of hydrogen-bond acceptors (Lipinski definition) is 4. The van der Waals surface area contributed by atoms with E-state index in [-0.39, 0.29) is 12.5 Å². The van der Waals surface area contributed by atoms with Gasteiger partial charge in [-0.25, -0.2) is 0 Å². The molecule has 0 atom stereocenters. The van der Waals surface area contributed by atoms with Gasteiger partial charge >= 0.3 is 5.97 Å². The second-order valence-corrected chi connectivity index (χ2v) is 4.20. The van der Waals surface area contributed by atoms with E-state index in [2.05, 4.69) is 4.74 Å². The van der Waals surface area contributed by atoms with Crippen molar-refractivity contribution in [2.45, 2.75) is 13.5 Å². The minimum atomic E-state index is -0.276. The largest absolute Gasteiger partial charge is 0.468 e. The Morgan fingerprint density at radius 1 is 1.56 bits per heavy atom. The third kappa shape index (κ3) is 4.02. The molecule has 5 heteroatoms. The number of likely N-dealkylation sites (N-methyl/N-ethyl adjacent to an activating group) is 1. The molecule has 0 amide bonds. The number of benzene rings is 1. The molecule has 1 rings (SSSR count). The van der Waals surface area contributed by atoms with Crippen molar-refractivity contribution in [3.05, 3.63) is 34.3 Å². The maximum atomic E-state index is 11.2. The standard InChI is InChI=1S/C13H15ClN2O2/c1-3-16(9-13(17)18-2)8-11-5-4-10(7-15)6-12(11)14/h4-6H,3,8-9H2,1-2H3. The first-order valence-corrected chi connectivity index (χ1v) is 5.96. The molecule has 0 fully saturated rings. The van der Waals surface area contributed by atoms with Gasteiger partial charge in [-0.1, -0.05) is 24.6 Å². The zero-order valence-electron chi connectivity index (χ0n) is 10.4. The van der Waals surface area contributed by atoms with E-state index < -0.39 is 0 Å². The molecule has 0 saturated carbocycles. The number of methoxy groups -OCH3 is 1. The number of esters is 1. The molecule has 0 aliphatic heterocycles.